The summed E-state index contributed by atoms with van der Waals surface area (Å²) in [6.07, 6.45) is 5.94. The number of para-hydroxylation sites is 2. The van der Waals surface area contributed by atoms with Crippen LogP contribution in [0.2, 0.25) is 0 Å². The lowest BCUT2D eigenvalue weighted by Crippen LogP contribution is -2.43. The highest BCUT2D eigenvalue weighted by Gasteiger charge is 2.41. The molecule has 28 heavy (non-hydrogen) atoms. The Morgan fingerprint density at radius 1 is 0.929 bits per heavy atom. The Kier molecular flexibility index (Phi) is 5.03. The molecule has 4 heteroatoms. The van der Waals surface area contributed by atoms with Crippen LogP contribution in [0.15, 0.2) is 61.1 Å². The van der Waals surface area contributed by atoms with Gasteiger partial charge in [0.05, 0.1) is 6.20 Å². The topological polar surface area (TPSA) is 32.3 Å². The quantitative estimate of drug-likeness (QED) is 0.549. The third-order valence-corrected chi connectivity index (χ3v) is 5.43. The summed E-state index contributed by atoms with van der Waals surface area (Å²) in [4.78, 5) is 13.9. The van der Waals surface area contributed by atoms with Gasteiger partial charge in [-0.2, -0.15) is 0 Å². The number of fused-ring (bicyclic) bond motifs is 1. The minimum atomic E-state index is 0.144. The Labute approximate surface area is 167 Å². The van der Waals surface area contributed by atoms with Crippen LogP contribution in [-0.4, -0.2) is 16.1 Å². The van der Waals surface area contributed by atoms with E-state index in [9.17, 15) is 0 Å². The molecule has 0 fully saturated rings. The molecule has 2 heterocycles. The maximum absolute atomic E-state index is 4.72. The van der Waals surface area contributed by atoms with E-state index in [1.54, 1.807) is 6.33 Å². The van der Waals surface area contributed by atoms with Crippen molar-refractivity contribution in [3.8, 4) is 0 Å². The number of nitrogens with zero attached hydrogens (tertiary/aromatic N) is 4. The molecule has 0 saturated carbocycles. The maximum atomic E-state index is 4.72. The molecular weight excluding hydrogens is 344 g/mol. The lowest BCUT2D eigenvalue weighted by atomic mass is 10.0. The van der Waals surface area contributed by atoms with Gasteiger partial charge in [0, 0.05) is 11.4 Å². The maximum Gasteiger partial charge on any atom is 0.162 e. The first-order chi connectivity index (χ1) is 13.6. The van der Waals surface area contributed by atoms with Gasteiger partial charge in [0.15, 0.2) is 5.82 Å². The fourth-order valence-electron chi connectivity index (χ4n) is 4.24. The second-order valence-corrected chi connectivity index (χ2v) is 7.79. The number of anilines is 4. The molecule has 0 N–H and O–H groups in total. The van der Waals surface area contributed by atoms with Crippen LogP contribution in [0.1, 0.15) is 38.3 Å². The molecule has 1 unspecified atom stereocenters. The third-order valence-electron chi connectivity index (χ3n) is 5.43. The number of rotatable bonds is 5. The van der Waals surface area contributed by atoms with E-state index in [1.807, 2.05) is 6.20 Å². The highest BCUT2D eigenvalue weighted by Crippen LogP contribution is 2.49. The highest BCUT2D eigenvalue weighted by molar-refractivity contribution is 5.86. The molecule has 0 amide bonds. The molecule has 3 aromatic rings. The van der Waals surface area contributed by atoms with Gasteiger partial charge in [-0.25, -0.2) is 9.97 Å². The van der Waals surface area contributed by atoms with E-state index in [4.69, 9.17) is 4.98 Å². The van der Waals surface area contributed by atoms with Crippen LogP contribution < -0.4 is 9.80 Å². The van der Waals surface area contributed by atoms with Crippen molar-refractivity contribution < 1.29 is 0 Å². The van der Waals surface area contributed by atoms with Crippen molar-refractivity contribution >= 4 is 22.9 Å². The molecule has 1 aliphatic rings. The van der Waals surface area contributed by atoms with Crippen LogP contribution in [0, 0.1) is 12.8 Å². The monoisotopic (exact) mass is 372 g/mol. The van der Waals surface area contributed by atoms with E-state index >= 15 is 0 Å². The fourth-order valence-corrected chi connectivity index (χ4v) is 4.24. The average Bonchev–Trinajstić information content (AvgIpc) is 3.04. The van der Waals surface area contributed by atoms with E-state index in [1.165, 1.54) is 22.5 Å². The van der Waals surface area contributed by atoms with Gasteiger partial charge in [0.1, 0.15) is 18.2 Å². The van der Waals surface area contributed by atoms with E-state index in [0.717, 1.165) is 24.3 Å². The molecule has 1 atom stereocenters. The Morgan fingerprint density at radius 2 is 1.64 bits per heavy atom. The second-order valence-electron chi connectivity index (χ2n) is 7.79. The summed E-state index contributed by atoms with van der Waals surface area (Å²) >= 11 is 0. The summed E-state index contributed by atoms with van der Waals surface area (Å²) in [7, 11) is 0. The van der Waals surface area contributed by atoms with Crippen molar-refractivity contribution in [3.05, 3.63) is 72.2 Å². The van der Waals surface area contributed by atoms with Gasteiger partial charge < -0.3 is 9.80 Å². The van der Waals surface area contributed by atoms with E-state index in [-0.39, 0.29) is 6.17 Å². The van der Waals surface area contributed by atoms with Crippen molar-refractivity contribution in [2.24, 2.45) is 5.92 Å². The predicted molar refractivity (Wildman–Crippen MR) is 117 cm³/mol. The average molecular weight is 373 g/mol. The van der Waals surface area contributed by atoms with E-state index < -0.39 is 0 Å². The minimum Gasteiger partial charge on any atom is -0.315 e. The van der Waals surface area contributed by atoms with Crippen molar-refractivity contribution in [2.75, 3.05) is 9.80 Å². The molecule has 144 valence electrons. The zero-order valence-electron chi connectivity index (χ0n) is 17.1. The fraction of sp³-hybridized carbons (Fsp3) is 0.333. The van der Waals surface area contributed by atoms with Gasteiger partial charge in [-0.3, -0.25) is 0 Å². The number of aromatic nitrogens is 2. The van der Waals surface area contributed by atoms with Crippen molar-refractivity contribution in [2.45, 2.75) is 46.7 Å². The largest absolute Gasteiger partial charge is 0.315 e. The van der Waals surface area contributed by atoms with E-state index in [0.29, 0.717) is 5.92 Å². The summed E-state index contributed by atoms with van der Waals surface area (Å²) in [5.74, 6) is 1.37. The first kappa shape index (κ1) is 18.5. The molecule has 1 aromatic heterocycles. The molecule has 4 rings (SSSR count). The van der Waals surface area contributed by atoms with Crippen molar-refractivity contribution in [1.82, 2.24) is 9.97 Å². The lowest BCUT2D eigenvalue weighted by Gasteiger charge is -2.37. The van der Waals surface area contributed by atoms with Gasteiger partial charge in [0.2, 0.25) is 0 Å². The molecule has 0 spiro atoms. The van der Waals surface area contributed by atoms with Crippen molar-refractivity contribution in [1.29, 1.82) is 0 Å². The smallest absolute Gasteiger partial charge is 0.162 e. The van der Waals surface area contributed by atoms with Gasteiger partial charge >= 0.3 is 0 Å². The molecule has 1 aliphatic heterocycles. The molecular formula is C24H28N4. The van der Waals surface area contributed by atoms with Crippen molar-refractivity contribution in [3.63, 3.8) is 0 Å². The first-order valence-corrected chi connectivity index (χ1v) is 10.2. The van der Waals surface area contributed by atoms with Crippen LogP contribution in [0.5, 0.6) is 0 Å². The standard InChI is InChI=1S/C24H28N4/c1-5-10-19-12-7-9-14-21(19)27-22-15-25-16-26-23(22)28(24(27)17(2)3)20-13-8-6-11-18(20)4/h6-9,11-17,24H,5,10H2,1-4H3. The summed E-state index contributed by atoms with van der Waals surface area (Å²) in [5, 5.41) is 0. The normalized spacial score (nSPS) is 16.0. The summed E-state index contributed by atoms with van der Waals surface area (Å²) < 4.78 is 0. The molecule has 4 nitrogen and oxygen atoms in total. The SMILES string of the molecule is CCCc1ccccc1N1c2cncnc2N(c2ccccc2C)C1C(C)C. The molecule has 0 saturated heterocycles. The summed E-state index contributed by atoms with van der Waals surface area (Å²) in [6, 6.07) is 17.3. The molecule has 2 aromatic carbocycles. The lowest BCUT2D eigenvalue weighted by molar-refractivity contribution is 0.504. The summed E-state index contributed by atoms with van der Waals surface area (Å²) in [6.45, 7) is 8.97. The number of hydrogen-bond donors (Lipinski definition) is 0. The number of benzene rings is 2. The molecule has 0 aliphatic carbocycles. The zero-order chi connectivity index (χ0) is 19.7. The Hall–Kier alpha value is -2.88. The predicted octanol–water partition coefficient (Wildman–Crippen LogP) is 6.01. The van der Waals surface area contributed by atoms with Crippen LogP contribution in [0.4, 0.5) is 22.9 Å². The number of hydrogen-bond acceptors (Lipinski definition) is 4. The zero-order valence-corrected chi connectivity index (χ0v) is 17.1. The van der Waals surface area contributed by atoms with Crippen LogP contribution in [-0.2, 0) is 6.42 Å². The Bertz CT molecular complexity index is 966. The Morgan fingerprint density at radius 3 is 2.36 bits per heavy atom. The summed E-state index contributed by atoms with van der Waals surface area (Å²) in [5.41, 5.74) is 6.17. The third kappa shape index (κ3) is 3.03. The minimum absolute atomic E-state index is 0.144. The second kappa shape index (κ2) is 7.63. The molecule has 0 radical (unpaired) electrons. The van der Waals surface area contributed by atoms with E-state index in [2.05, 4.69) is 91.0 Å². The highest BCUT2D eigenvalue weighted by atomic mass is 15.5. The van der Waals surface area contributed by atoms with Gasteiger partial charge in [-0.1, -0.05) is 63.6 Å². The number of aryl methyl sites for hydroxylation is 2. The van der Waals surface area contributed by atoms with Crippen LogP contribution >= 0.6 is 0 Å². The Balaban J connectivity index is 1.94. The van der Waals surface area contributed by atoms with Gasteiger partial charge in [0.25, 0.3) is 0 Å². The first-order valence-electron chi connectivity index (χ1n) is 10.2. The van der Waals surface area contributed by atoms with Gasteiger partial charge in [-0.15, -0.1) is 0 Å². The van der Waals surface area contributed by atoms with Crippen LogP contribution in [0.3, 0.4) is 0 Å². The molecule has 0 bridgehead atoms. The van der Waals surface area contributed by atoms with Crippen LogP contribution in [0.25, 0.3) is 0 Å². The van der Waals surface area contributed by atoms with Gasteiger partial charge in [-0.05, 0) is 42.5 Å².